The van der Waals surface area contributed by atoms with Gasteiger partial charge in [-0.15, -0.1) is 0 Å². The fourth-order valence-corrected chi connectivity index (χ4v) is 3.46. The lowest BCUT2D eigenvalue weighted by Gasteiger charge is -2.38. The Morgan fingerprint density at radius 2 is 2.21 bits per heavy atom. The minimum absolute atomic E-state index is 0.108. The van der Waals surface area contributed by atoms with E-state index in [0.29, 0.717) is 43.8 Å². The number of nitrogens with zero attached hydrogens (tertiary/aromatic N) is 3. The van der Waals surface area contributed by atoms with E-state index in [2.05, 4.69) is 10.4 Å². The number of hydrogen-bond acceptors (Lipinski definition) is 5. The highest BCUT2D eigenvalue weighted by Gasteiger charge is 2.41. The zero-order valence-electron chi connectivity index (χ0n) is 16.3. The molecular formula is C20H27FN4O3. The number of aliphatic hydroxyl groups is 1. The molecule has 0 aliphatic carbocycles. The summed E-state index contributed by atoms with van der Waals surface area (Å²) in [4.78, 5) is 14.4. The van der Waals surface area contributed by atoms with Crippen molar-refractivity contribution in [1.82, 2.24) is 20.0 Å². The fraction of sp³-hybridized carbons (Fsp3) is 0.500. The van der Waals surface area contributed by atoms with E-state index in [9.17, 15) is 14.3 Å². The van der Waals surface area contributed by atoms with E-state index in [1.165, 1.54) is 24.1 Å². The van der Waals surface area contributed by atoms with Gasteiger partial charge in [-0.3, -0.25) is 9.48 Å². The Balaban J connectivity index is 1.57. The van der Waals surface area contributed by atoms with Crippen molar-refractivity contribution in [3.05, 3.63) is 47.5 Å². The first kappa shape index (κ1) is 20.3. The Morgan fingerprint density at radius 3 is 2.93 bits per heavy atom. The lowest BCUT2D eigenvalue weighted by Crippen LogP contribution is -2.57. The SMILES string of the molecule is COc1ccc(F)c(CN2CCC[C@](O)(CNCCn3ccc(C)n3)C2=O)c1. The van der Waals surface area contributed by atoms with Crippen LogP contribution in [0, 0.1) is 12.7 Å². The van der Waals surface area contributed by atoms with E-state index in [-0.39, 0.29) is 19.0 Å². The maximum Gasteiger partial charge on any atom is 0.256 e. The minimum atomic E-state index is -1.48. The average molecular weight is 390 g/mol. The first-order valence-electron chi connectivity index (χ1n) is 9.46. The van der Waals surface area contributed by atoms with Gasteiger partial charge in [-0.25, -0.2) is 4.39 Å². The Kier molecular flexibility index (Phi) is 6.31. The fourth-order valence-electron chi connectivity index (χ4n) is 3.46. The summed E-state index contributed by atoms with van der Waals surface area (Å²) in [5.41, 5.74) is -0.159. The molecule has 2 N–H and O–H groups in total. The molecule has 1 aliphatic heterocycles. The first-order chi connectivity index (χ1) is 13.4. The topological polar surface area (TPSA) is 79.6 Å². The standard InChI is InChI=1S/C20H27FN4O3/c1-15-6-10-25(23-15)11-8-22-14-20(27)7-3-9-24(19(20)26)13-16-12-17(28-2)4-5-18(16)21/h4-6,10,12,22,27H,3,7-9,11,13-14H2,1-2H3/t20-/m0/s1. The smallest absolute Gasteiger partial charge is 0.256 e. The van der Waals surface area contributed by atoms with Crippen LogP contribution in [-0.4, -0.2) is 58.0 Å². The van der Waals surface area contributed by atoms with Gasteiger partial charge in [0.1, 0.15) is 11.6 Å². The zero-order valence-corrected chi connectivity index (χ0v) is 16.3. The van der Waals surface area contributed by atoms with Crippen molar-refractivity contribution in [2.45, 2.75) is 38.5 Å². The molecule has 1 atom stereocenters. The van der Waals surface area contributed by atoms with E-state index < -0.39 is 11.4 Å². The molecule has 1 amide bonds. The van der Waals surface area contributed by atoms with Crippen LogP contribution in [0.5, 0.6) is 5.75 Å². The number of hydrogen-bond donors (Lipinski definition) is 2. The van der Waals surface area contributed by atoms with Crippen LogP contribution < -0.4 is 10.1 Å². The Morgan fingerprint density at radius 1 is 1.39 bits per heavy atom. The molecular weight excluding hydrogens is 363 g/mol. The summed E-state index contributed by atoms with van der Waals surface area (Å²) < 4.78 is 21.1. The summed E-state index contributed by atoms with van der Waals surface area (Å²) in [7, 11) is 1.51. The van der Waals surface area contributed by atoms with Crippen molar-refractivity contribution in [2.75, 3.05) is 26.7 Å². The third-order valence-corrected chi connectivity index (χ3v) is 5.03. The van der Waals surface area contributed by atoms with E-state index in [1.807, 2.05) is 23.9 Å². The maximum absolute atomic E-state index is 14.1. The van der Waals surface area contributed by atoms with Crippen LogP contribution in [0.3, 0.4) is 0 Å². The van der Waals surface area contributed by atoms with Gasteiger partial charge in [-0.2, -0.15) is 5.10 Å². The van der Waals surface area contributed by atoms with E-state index >= 15 is 0 Å². The number of likely N-dealkylation sites (tertiary alicyclic amines) is 1. The lowest BCUT2D eigenvalue weighted by molar-refractivity contribution is -0.157. The molecule has 2 heterocycles. The molecule has 152 valence electrons. The predicted octanol–water partition coefficient (Wildman–Crippen LogP) is 1.48. The van der Waals surface area contributed by atoms with Crippen molar-refractivity contribution in [2.24, 2.45) is 0 Å². The highest BCUT2D eigenvalue weighted by atomic mass is 19.1. The van der Waals surface area contributed by atoms with Crippen LogP contribution in [0.15, 0.2) is 30.5 Å². The Bertz CT molecular complexity index is 826. The van der Waals surface area contributed by atoms with Crippen molar-refractivity contribution in [1.29, 1.82) is 0 Å². The maximum atomic E-state index is 14.1. The number of ether oxygens (including phenoxy) is 1. The van der Waals surface area contributed by atoms with Crippen LogP contribution in [0.25, 0.3) is 0 Å². The van der Waals surface area contributed by atoms with Gasteiger partial charge in [0.25, 0.3) is 5.91 Å². The van der Waals surface area contributed by atoms with Gasteiger partial charge < -0.3 is 20.1 Å². The molecule has 1 aliphatic rings. The number of benzene rings is 1. The normalized spacial score (nSPS) is 19.9. The monoisotopic (exact) mass is 390 g/mol. The van der Waals surface area contributed by atoms with Gasteiger partial charge >= 0.3 is 0 Å². The second kappa shape index (κ2) is 8.70. The number of piperidine rings is 1. The number of methoxy groups -OCH3 is 1. The molecule has 0 unspecified atom stereocenters. The molecule has 3 rings (SSSR count). The zero-order chi connectivity index (χ0) is 20.1. The van der Waals surface area contributed by atoms with Gasteiger partial charge in [-0.05, 0) is 44.0 Å². The van der Waals surface area contributed by atoms with Crippen molar-refractivity contribution >= 4 is 5.91 Å². The average Bonchev–Trinajstić information content (AvgIpc) is 3.10. The van der Waals surface area contributed by atoms with Gasteiger partial charge in [0.05, 0.1) is 19.3 Å². The van der Waals surface area contributed by atoms with Crippen molar-refractivity contribution in [3.8, 4) is 5.75 Å². The largest absolute Gasteiger partial charge is 0.497 e. The summed E-state index contributed by atoms with van der Waals surface area (Å²) in [6.07, 6.45) is 2.94. The summed E-state index contributed by atoms with van der Waals surface area (Å²) in [6, 6.07) is 6.37. The number of aryl methyl sites for hydroxylation is 1. The number of nitrogens with one attached hydrogen (secondary N) is 1. The van der Waals surface area contributed by atoms with Gasteiger partial charge in [-0.1, -0.05) is 0 Å². The van der Waals surface area contributed by atoms with E-state index in [4.69, 9.17) is 4.74 Å². The number of amides is 1. The molecule has 0 bridgehead atoms. The third-order valence-electron chi connectivity index (χ3n) is 5.03. The van der Waals surface area contributed by atoms with Gasteiger partial charge in [0.15, 0.2) is 5.60 Å². The molecule has 1 saturated heterocycles. The molecule has 1 fully saturated rings. The molecule has 7 nitrogen and oxygen atoms in total. The highest BCUT2D eigenvalue weighted by molar-refractivity contribution is 5.86. The molecule has 8 heteroatoms. The summed E-state index contributed by atoms with van der Waals surface area (Å²) in [5, 5.41) is 18.3. The number of carbonyl (C=O) groups excluding carboxylic acids is 1. The number of carbonyl (C=O) groups is 1. The summed E-state index contributed by atoms with van der Waals surface area (Å²) in [6.45, 7) is 3.91. The van der Waals surface area contributed by atoms with E-state index in [0.717, 1.165) is 5.69 Å². The molecule has 28 heavy (non-hydrogen) atoms. The third kappa shape index (κ3) is 4.69. The Labute approximate surface area is 164 Å². The molecule has 0 radical (unpaired) electrons. The van der Waals surface area contributed by atoms with Crippen molar-refractivity contribution in [3.63, 3.8) is 0 Å². The minimum Gasteiger partial charge on any atom is -0.497 e. The molecule has 1 aromatic heterocycles. The number of rotatable bonds is 8. The number of halogens is 1. The lowest BCUT2D eigenvalue weighted by atomic mass is 9.91. The van der Waals surface area contributed by atoms with Crippen LogP contribution in [0.2, 0.25) is 0 Å². The van der Waals surface area contributed by atoms with Crippen molar-refractivity contribution < 1.29 is 19.0 Å². The van der Waals surface area contributed by atoms with Crippen LogP contribution in [-0.2, 0) is 17.9 Å². The van der Waals surface area contributed by atoms with Gasteiger partial charge in [0.2, 0.25) is 0 Å². The van der Waals surface area contributed by atoms with Crippen LogP contribution in [0.1, 0.15) is 24.1 Å². The summed E-state index contributed by atoms with van der Waals surface area (Å²) in [5.74, 6) is -0.231. The Hall–Kier alpha value is -2.45. The highest BCUT2D eigenvalue weighted by Crippen LogP contribution is 2.25. The molecule has 2 aromatic rings. The second-order valence-electron chi connectivity index (χ2n) is 7.22. The second-order valence-corrected chi connectivity index (χ2v) is 7.22. The first-order valence-corrected chi connectivity index (χ1v) is 9.46. The summed E-state index contributed by atoms with van der Waals surface area (Å²) >= 11 is 0. The van der Waals surface area contributed by atoms with Gasteiger partial charge in [0, 0.05) is 37.9 Å². The van der Waals surface area contributed by atoms with E-state index in [1.54, 1.807) is 6.07 Å². The molecule has 0 saturated carbocycles. The predicted molar refractivity (Wildman–Crippen MR) is 102 cm³/mol. The van der Waals surface area contributed by atoms with Crippen LogP contribution in [0.4, 0.5) is 4.39 Å². The molecule has 1 aromatic carbocycles. The molecule has 0 spiro atoms. The number of aromatic nitrogens is 2. The van der Waals surface area contributed by atoms with Crippen LogP contribution >= 0.6 is 0 Å². The quantitative estimate of drug-likeness (QED) is 0.668.